The summed E-state index contributed by atoms with van der Waals surface area (Å²) in [6.07, 6.45) is 0. The third-order valence-corrected chi connectivity index (χ3v) is 3.63. The fraction of sp³-hybridized carbons (Fsp3) is 0.625. The summed E-state index contributed by atoms with van der Waals surface area (Å²) in [6, 6.07) is 1.76. The molecule has 0 saturated carbocycles. The zero-order chi connectivity index (χ0) is 12.2. The monoisotopic (exact) mass is 266 g/mol. The van der Waals surface area contributed by atoms with E-state index >= 15 is 0 Å². The van der Waals surface area contributed by atoms with Crippen molar-refractivity contribution in [2.75, 3.05) is 19.4 Å². The van der Waals surface area contributed by atoms with E-state index in [2.05, 4.69) is 9.69 Å². The van der Waals surface area contributed by atoms with Gasteiger partial charge in [-0.2, -0.15) is 12.8 Å². The van der Waals surface area contributed by atoms with Crippen LogP contribution in [-0.2, 0) is 10.1 Å². The van der Waals surface area contributed by atoms with Crippen LogP contribution < -0.4 is 10.1 Å². The van der Waals surface area contributed by atoms with Crippen LogP contribution in [0.4, 0.5) is 0 Å². The molecule has 92 valence electrons. The first-order valence-electron chi connectivity index (χ1n) is 4.61. The Kier molecular flexibility index (Phi) is 4.66. The lowest BCUT2D eigenvalue weighted by Gasteiger charge is -2.09. The molecule has 0 fully saturated rings. The Morgan fingerprint density at radius 3 is 2.88 bits per heavy atom. The van der Waals surface area contributed by atoms with Gasteiger partial charge in [0.15, 0.2) is 0 Å². The minimum Gasteiger partial charge on any atom is -0.480 e. The predicted octanol–water partition coefficient (Wildman–Crippen LogP) is 0.690. The molecule has 0 spiro atoms. The maximum atomic E-state index is 10.5. The van der Waals surface area contributed by atoms with E-state index in [4.69, 9.17) is 9.29 Å². The van der Waals surface area contributed by atoms with Crippen LogP contribution in [0.1, 0.15) is 17.8 Å². The molecule has 0 radical (unpaired) electrons. The molecule has 1 atom stereocenters. The molecule has 1 unspecified atom stereocenters. The molecule has 2 N–H and O–H groups in total. The van der Waals surface area contributed by atoms with Crippen LogP contribution in [0, 0.1) is 0 Å². The second-order valence-electron chi connectivity index (χ2n) is 3.23. The van der Waals surface area contributed by atoms with Crippen LogP contribution in [0.2, 0.25) is 0 Å². The average molecular weight is 266 g/mol. The third-order valence-electron chi connectivity index (χ3n) is 1.95. The molecule has 0 aliphatic rings. The van der Waals surface area contributed by atoms with Crippen molar-refractivity contribution in [2.24, 2.45) is 0 Å². The minimum atomic E-state index is -3.90. The van der Waals surface area contributed by atoms with Crippen LogP contribution in [0.5, 0.6) is 5.88 Å². The molecule has 0 saturated heterocycles. The van der Waals surface area contributed by atoms with Gasteiger partial charge in [0, 0.05) is 23.5 Å². The number of hydrogen-bond acceptors (Lipinski definition) is 6. The Labute approximate surface area is 98.5 Å². The van der Waals surface area contributed by atoms with Crippen LogP contribution in [0.15, 0.2) is 6.07 Å². The second kappa shape index (κ2) is 5.58. The summed E-state index contributed by atoms with van der Waals surface area (Å²) >= 11 is 1.29. The fourth-order valence-electron chi connectivity index (χ4n) is 1.08. The van der Waals surface area contributed by atoms with E-state index in [9.17, 15) is 8.42 Å². The van der Waals surface area contributed by atoms with E-state index in [0.29, 0.717) is 5.88 Å². The number of ether oxygens (including phenoxy) is 1. The van der Waals surface area contributed by atoms with E-state index in [1.54, 1.807) is 6.07 Å². The summed E-state index contributed by atoms with van der Waals surface area (Å²) in [5.74, 6) is 0.247. The van der Waals surface area contributed by atoms with Gasteiger partial charge in [-0.1, -0.05) is 0 Å². The fourth-order valence-corrected chi connectivity index (χ4v) is 2.17. The first-order valence-corrected chi connectivity index (χ1v) is 7.00. The molecule has 1 aromatic rings. The molecule has 1 heterocycles. The van der Waals surface area contributed by atoms with Gasteiger partial charge in [-0.05, 0) is 18.5 Å². The Hall–Kier alpha value is -0.700. The average Bonchev–Trinajstić information content (AvgIpc) is 2.63. The standard InChI is InChI=1S/C8H14N2O4S2/c1-6(9-3-4-16(11,12)13)7-5-8(14-2)10-15-7/h5-6,9H,3-4H2,1-2H3,(H,11,12,13). The van der Waals surface area contributed by atoms with Crippen LogP contribution in [-0.4, -0.2) is 36.8 Å². The van der Waals surface area contributed by atoms with E-state index < -0.39 is 10.1 Å². The summed E-state index contributed by atoms with van der Waals surface area (Å²) < 4.78 is 38.5. The smallest absolute Gasteiger partial charge is 0.266 e. The maximum absolute atomic E-state index is 10.5. The lowest BCUT2D eigenvalue weighted by Crippen LogP contribution is -2.24. The molecule has 0 aliphatic carbocycles. The van der Waals surface area contributed by atoms with Crippen molar-refractivity contribution in [2.45, 2.75) is 13.0 Å². The maximum Gasteiger partial charge on any atom is 0.266 e. The second-order valence-corrected chi connectivity index (χ2v) is 5.64. The predicted molar refractivity (Wildman–Crippen MR) is 61.5 cm³/mol. The first kappa shape index (κ1) is 13.4. The van der Waals surface area contributed by atoms with Crippen LogP contribution in [0.3, 0.4) is 0 Å². The number of nitrogens with one attached hydrogen (secondary N) is 1. The third kappa shape index (κ3) is 4.44. The van der Waals surface area contributed by atoms with Crippen molar-refractivity contribution < 1.29 is 17.7 Å². The molecule has 0 bridgehead atoms. The van der Waals surface area contributed by atoms with Crippen molar-refractivity contribution in [1.29, 1.82) is 0 Å². The Morgan fingerprint density at radius 1 is 1.69 bits per heavy atom. The van der Waals surface area contributed by atoms with Crippen LogP contribution in [0.25, 0.3) is 0 Å². The summed E-state index contributed by atoms with van der Waals surface area (Å²) in [5.41, 5.74) is 0. The van der Waals surface area contributed by atoms with Gasteiger partial charge in [-0.25, -0.2) is 0 Å². The molecule has 1 aromatic heterocycles. The van der Waals surface area contributed by atoms with Crippen molar-refractivity contribution in [3.8, 4) is 5.88 Å². The van der Waals surface area contributed by atoms with E-state index in [1.807, 2.05) is 6.92 Å². The lowest BCUT2D eigenvalue weighted by atomic mass is 10.3. The zero-order valence-corrected chi connectivity index (χ0v) is 10.6. The van der Waals surface area contributed by atoms with Gasteiger partial charge < -0.3 is 10.1 Å². The SMILES string of the molecule is COc1cc(C(C)NCCS(=O)(=O)O)sn1. The van der Waals surface area contributed by atoms with Crippen molar-refractivity contribution in [3.63, 3.8) is 0 Å². The highest BCUT2D eigenvalue weighted by molar-refractivity contribution is 7.85. The number of nitrogens with zero attached hydrogens (tertiary/aromatic N) is 1. The van der Waals surface area contributed by atoms with E-state index in [-0.39, 0.29) is 18.3 Å². The lowest BCUT2D eigenvalue weighted by molar-refractivity contribution is 0.402. The summed E-state index contributed by atoms with van der Waals surface area (Å²) in [4.78, 5) is 0.951. The largest absolute Gasteiger partial charge is 0.480 e. The summed E-state index contributed by atoms with van der Waals surface area (Å²) in [5, 5.41) is 2.97. The Morgan fingerprint density at radius 2 is 2.38 bits per heavy atom. The van der Waals surface area contributed by atoms with Gasteiger partial charge in [-0.15, -0.1) is 0 Å². The zero-order valence-electron chi connectivity index (χ0n) is 9.00. The normalized spacial score (nSPS) is 13.7. The van der Waals surface area contributed by atoms with Gasteiger partial charge in [-0.3, -0.25) is 4.55 Å². The molecule has 8 heteroatoms. The molecule has 0 aliphatic heterocycles. The van der Waals surface area contributed by atoms with E-state index in [1.165, 1.54) is 18.6 Å². The molecule has 1 rings (SSSR count). The number of aromatic nitrogens is 1. The molecular weight excluding hydrogens is 252 g/mol. The topological polar surface area (TPSA) is 88.5 Å². The highest BCUT2D eigenvalue weighted by Gasteiger charge is 2.11. The van der Waals surface area contributed by atoms with Gasteiger partial charge in [0.25, 0.3) is 10.1 Å². The minimum absolute atomic E-state index is 0.0249. The Balaban J connectivity index is 2.43. The van der Waals surface area contributed by atoms with Gasteiger partial charge in [0.05, 0.1) is 12.9 Å². The quantitative estimate of drug-likeness (QED) is 0.736. The first-order chi connectivity index (χ1) is 7.42. The molecule has 6 nitrogen and oxygen atoms in total. The number of methoxy groups -OCH3 is 1. The molecule has 16 heavy (non-hydrogen) atoms. The molecular formula is C8H14N2O4S2. The van der Waals surface area contributed by atoms with Crippen molar-refractivity contribution in [3.05, 3.63) is 10.9 Å². The van der Waals surface area contributed by atoms with Gasteiger partial charge >= 0.3 is 0 Å². The highest BCUT2D eigenvalue weighted by atomic mass is 32.2. The molecule has 0 amide bonds. The van der Waals surface area contributed by atoms with Crippen LogP contribution >= 0.6 is 11.5 Å². The highest BCUT2D eigenvalue weighted by Crippen LogP contribution is 2.22. The molecule has 0 aromatic carbocycles. The van der Waals surface area contributed by atoms with E-state index in [0.717, 1.165) is 4.88 Å². The summed E-state index contributed by atoms with van der Waals surface area (Å²) in [6.45, 7) is 2.08. The van der Waals surface area contributed by atoms with Crippen molar-refractivity contribution >= 4 is 21.7 Å². The number of hydrogen-bond donors (Lipinski definition) is 2. The summed E-state index contributed by atoms with van der Waals surface area (Å²) in [7, 11) is -2.36. The Bertz CT molecular complexity index is 429. The number of rotatable bonds is 6. The van der Waals surface area contributed by atoms with Gasteiger partial charge in [0.2, 0.25) is 5.88 Å². The van der Waals surface area contributed by atoms with Crippen molar-refractivity contribution in [1.82, 2.24) is 9.69 Å². The van der Waals surface area contributed by atoms with Gasteiger partial charge in [0.1, 0.15) is 0 Å².